The number of ketones is 1. The summed E-state index contributed by atoms with van der Waals surface area (Å²) in [6, 6.07) is 2.25. The van der Waals surface area contributed by atoms with Crippen molar-refractivity contribution in [1.29, 1.82) is 0 Å². The molecule has 0 bridgehead atoms. The molecule has 0 fully saturated rings. The normalized spacial score (nSPS) is 10.1. The second-order valence-electron chi connectivity index (χ2n) is 2.94. The number of hydrogen-bond acceptors (Lipinski definition) is 3. The number of Topliss-reactive ketones (excluding diaryl/α,β-unsaturated/α-hetero) is 1. The van der Waals surface area contributed by atoms with Crippen molar-refractivity contribution in [3.8, 4) is 0 Å². The number of alkyl halides is 1. The molecule has 0 aliphatic heterocycles. The van der Waals surface area contributed by atoms with Crippen LogP contribution in [0.1, 0.15) is 15.9 Å². The Hall–Kier alpha value is -1.30. The van der Waals surface area contributed by atoms with Gasteiger partial charge in [-0.15, -0.1) is 0 Å². The lowest BCUT2D eigenvalue weighted by molar-refractivity contribution is -0.387. The van der Waals surface area contributed by atoms with Gasteiger partial charge in [0.15, 0.2) is 5.78 Å². The van der Waals surface area contributed by atoms with E-state index in [9.17, 15) is 19.3 Å². The number of hydrogen-bond donors (Lipinski definition) is 0. The SMILES string of the molecule is Cc1cc(C(=O)CBr)cc([N+](=O)[O-])c1F. The van der Waals surface area contributed by atoms with Crippen LogP contribution in [0.2, 0.25) is 0 Å². The summed E-state index contributed by atoms with van der Waals surface area (Å²) in [5.74, 6) is -1.22. The van der Waals surface area contributed by atoms with E-state index in [2.05, 4.69) is 15.9 Å². The molecule has 0 atom stereocenters. The van der Waals surface area contributed by atoms with Gasteiger partial charge in [-0.3, -0.25) is 14.9 Å². The van der Waals surface area contributed by atoms with Crippen molar-refractivity contribution in [2.45, 2.75) is 6.92 Å². The van der Waals surface area contributed by atoms with Crippen LogP contribution in [-0.2, 0) is 0 Å². The van der Waals surface area contributed by atoms with Crippen LogP contribution in [0.25, 0.3) is 0 Å². The molecule has 15 heavy (non-hydrogen) atoms. The summed E-state index contributed by atoms with van der Waals surface area (Å²) in [5, 5.41) is 10.5. The number of nitro benzene ring substituents is 1. The van der Waals surface area contributed by atoms with Gasteiger partial charge in [-0.1, -0.05) is 15.9 Å². The number of halogens is 2. The molecule has 0 N–H and O–H groups in total. The summed E-state index contributed by atoms with van der Waals surface area (Å²) >= 11 is 2.94. The van der Waals surface area contributed by atoms with Crippen LogP contribution in [0.3, 0.4) is 0 Å². The van der Waals surface area contributed by atoms with Crippen LogP contribution >= 0.6 is 15.9 Å². The van der Waals surface area contributed by atoms with E-state index in [0.717, 1.165) is 6.07 Å². The minimum atomic E-state index is -0.897. The van der Waals surface area contributed by atoms with E-state index in [0.29, 0.717) is 0 Å². The monoisotopic (exact) mass is 275 g/mol. The fourth-order valence-electron chi connectivity index (χ4n) is 1.12. The third kappa shape index (κ3) is 2.38. The summed E-state index contributed by atoms with van der Waals surface area (Å²) in [4.78, 5) is 20.9. The molecule has 0 aromatic heterocycles. The Kier molecular flexibility index (Phi) is 3.52. The van der Waals surface area contributed by atoms with Gasteiger partial charge >= 0.3 is 5.69 Å². The zero-order valence-corrected chi connectivity index (χ0v) is 9.38. The van der Waals surface area contributed by atoms with Crippen molar-refractivity contribution in [3.63, 3.8) is 0 Å². The Morgan fingerprint density at radius 2 is 2.20 bits per heavy atom. The Morgan fingerprint density at radius 3 is 2.67 bits per heavy atom. The maximum absolute atomic E-state index is 13.2. The Bertz CT molecular complexity index is 434. The van der Waals surface area contributed by atoms with E-state index in [1.807, 2.05) is 0 Å². The number of nitrogens with zero attached hydrogens (tertiary/aromatic N) is 1. The van der Waals surface area contributed by atoms with Gasteiger partial charge in [0.05, 0.1) is 10.3 Å². The number of carbonyl (C=O) groups excluding carboxylic acids is 1. The molecular weight excluding hydrogens is 269 g/mol. The van der Waals surface area contributed by atoms with Gasteiger partial charge in [-0.25, -0.2) is 0 Å². The molecule has 0 unspecified atom stereocenters. The molecule has 0 aliphatic carbocycles. The van der Waals surface area contributed by atoms with Crippen LogP contribution in [0.4, 0.5) is 10.1 Å². The molecule has 0 radical (unpaired) electrons. The van der Waals surface area contributed by atoms with E-state index >= 15 is 0 Å². The predicted octanol–water partition coefficient (Wildman–Crippen LogP) is 2.62. The molecule has 80 valence electrons. The third-order valence-corrected chi connectivity index (χ3v) is 2.38. The summed E-state index contributed by atoms with van der Waals surface area (Å²) in [7, 11) is 0. The van der Waals surface area contributed by atoms with Gasteiger partial charge in [-0.2, -0.15) is 4.39 Å². The standard InChI is InChI=1S/C9H7BrFNO3/c1-5-2-6(8(13)4-10)3-7(9(5)11)12(14)15/h2-3H,4H2,1H3. The molecular formula is C9H7BrFNO3. The lowest BCUT2D eigenvalue weighted by atomic mass is 10.1. The highest BCUT2D eigenvalue weighted by atomic mass is 79.9. The Balaban J connectivity index is 3.35. The van der Waals surface area contributed by atoms with Crippen LogP contribution in [0, 0.1) is 22.9 Å². The summed E-state index contributed by atoms with van der Waals surface area (Å²) in [6.45, 7) is 1.38. The number of carbonyl (C=O) groups is 1. The van der Waals surface area contributed by atoms with E-state index in [1.54, 1.807) is 0 Å². The number of benzene rings is 1. The van der Waals surface area contributed by atoms with Gasteiger partial charge in [0.1, 0.15) is 0 Å². The van der Waals surface area contributed by atoms with E-state index in [-0.39, 0.29) is 22.2 Å². The van der Waals surface area contributed by atoms with Crippen LogP contribution in [-0.4, -0.2) is 16.0 Å². The van der Waals surface area contributed by atoms with Crippen molar-refractivity contribution in [3.05, 3.63) is 39.2 Å². The first-order valence-corrected chi connectivity index (χ1v) is 5.13. The first kappa shape index (κ1) is 11.8. The van der Waals surface area contributed by atoms with Crippen molar-refractivity contribution in [2.24, 2.45) is 0 Å². The molecule has 0 aliphatic rings. The fourth-order valence-corrected chi connectivity index (χ4v) is 1.45. The maximum atomic E-state index is 13.2. The van der Waals surface area contributed by atoms with E-state index in [4.69, 9.17) is 0 Å². The second kappa shape index (κ2) is 4.48. The smallest absolute Gasteiger partial charge is 0.293 e. The summed E-state index contributed by atoms with van der Waals surface area (Å²) in [5.41, 5.74) is -0.440. The van der Waals surface area contributed by atoms with Gasteiger partial charge in [-0.05, 0) is 18.6 Å². The molecule has 6 heteroatoms. The first-order valence-electron chi connectivity index (χ1n) is 4.01. The van der Waals surface area contributed by atoms with Crippen LogP contribution in [0.15, 0.2) is 12.1 Å². The van der Waals surface area contributed by atoms with E-state index in [1.165, 1.54) is 13.0 Å². The quantitative estimate of drug-likeness (QED) is 0.369. The minimum absolute atomic E-state index is 0.0508. The van der Waals surface area contributed by atoms with Crippen molar-refractivity contribution >= 4 is 27.4 Å². The average molecular weight is 276 g/mol. The van der Waals surface area contributed by atoms with Gasteiger partial charge in [0, 0.05) is 11.6 Å². The largest absolute Gasteiger partial charge is 0.305 e. The zero-order chi connectivity index (χ0) is 11.6. The van der Waals surface area contributed by atoms with Crippen molar-refractivity contribution in [1.82, 2.24) is 0 Å². The van der Waals surface area contributed by atoms with Gasteiger partial charge in [0.25, 0.3) is 0 Å². The van der Waals surface area contributed by atoms with Gasteiger partial charge in [0.2, 0.25) is 5.82 Å². The van der Waals surface area contributed by atoms with Crippen LogP contribution < -0.4 is 0 Å². The highest BCUT2D eigenvalue weighted by molar-refractivity contribution is 9.09. The molecule has 0 amide bonds. The fraction of sp³-hybridized carbons (Fsp3) is 0.222. The molecule has 4 nitrogen and oxygen atoms in total. The molecule has 0 heterocycles. The van der Waals surface area contributed by atoms with Crippen LogP contribution in [0.5, 0.6) is 0 Å². The van der Waals surface area contributed by atoms with Crippen molar-refractivity contribution < 1.29 is 14.1 Å². The van der Waals surface area contributed by atoms with Crippen molar-refractivity contribution in [2.75, 3.05) is 5.33 Å². The second-order valence-corrected chi connectivity index (χ2v) is 3.50. The molecule has 0 spiro atoms. The molecule has 1 aromatic carbocycles. The lowest BCUT2D eigenvalue weighted by Crippen LogP contribution is -2.04. The lowest BCUT2D eigenvalue weighted by Gasteiger charge is -2.02. The number of nitro groups is 1. The number of aryl methyl sites for hydroxylation is 1. The molecule has 1 aromatic rings. The zero-order valence-electron chi connectivity index (χ0n) is 7.79. The minimum Gasteiger partial charge on any atom is -0.293 e. The summed E-state index contributed by atoms with van der Waals surface area (Å²) in [6.07, 6.45) is 0. The highest BCUT2D eigenvalue weighted by Gasteiger charge is 2.19. The highest BCUT2D eigenvalue weighted by Crippen LogP contribution is 2.22. The summed E-state index contributed by atoms with van der Waals surface area (Å²) < 4.78 is 13.2. The van der Waals surface area contributed by atoms with Gasteiger partial charge < -0.3 is 0 Å². The Morgan fingerprint density at radius 1 is 1.60 bits per heavy atom. The maximum Gasteiger partial charge on any atom is 0.305 e. The first-order chi connectivity index (χ1) is 6.97. The predicted molar refractivity (Wildman–Crippen MR) is 55.9 cm³/mol. The third-order valence-electron chi connectivity index (χ3n) is 1.88. The number of rotatable bonds is 3. The molecule has 0 saturated carbocycles. The van der Waals surface area contributed by atoms with E-state index < -0.39 is 16.4 Å². The topological polar surface area (TPSA) is 60.2 Å². The molecule has 1 rings (SSSR count). The molecule has 0 saturated heterocycles. The Labute approximate surface area is 93.4 Å². The average Bonchev–Trinajstić information content (AvgIpc) is 2.20.